The summed E-state index contributed by atoms with van der Waals surface area (Å²) in [6, 6.07) is 49.2. The van der Waals surface area contributed by atoms with Crippen LogP contribution in [0.25, 0.3) is 10.8 Å². The van der Waals surface area contributed by atoms with E-state index in [4.69, 9.17) is 0 Å². The Bertz CT molecular complexity index is 1180. The van der Waals surface area contributed by atoms with Gasteiger partial charge in [0.1, 0.15) is 0 Å². The molecule has 0 nitrogen and oxygen atoms in total. The number of hydrogen-bond donors (Lipinski definition) is 0. The van der Waals surface area contributed by atoms with Crippen LogP contribution in [0.3, 0.4) is 0 Å². The van der Waals surface area contributed by atoms with Gasteiger partial charge in [0.15, 0.2) is 0 Å². The zero-order chi connectivity index (χ0) is 21.1. The second-order valence-corrected chi connectivity index (χ2v) is 12.4. The van der Waals surface area contributed by atoms with Gasteiger partial charge < -0.3 is 0 Å². The molecule has 0 aliphatic heterocycles. The zero-order valence-corrected chi connectivity index (χ0v) is 18.8. The van der Waals surface area contributed by atoms with Crippen molar-refractivity contribution in [1.29, 1.82) is 0 Å². The van der Waals surface area contributed by atoms with Gasteiger partial charge in [0, 0.05) is 0 Å². The first-order chi connectivity index (χ1) is 15.3. The second-order valence-electron chi connectivity index (χ2n) is 8.23. The molecule has 0 heterocycles. The fourth-order valence-electron chi connectivity index (χ4n) is 5.08. The van der Waals surface area contributed by atoms with Gasteiger partial charge in [-0.25, -0.2) is 0 Å². The molecule has 5 aromatic carbocycles. The Morgan fingerprint density at radius 2 is 0.871 bits per heavy atom. The minimum atomic E-state index is -2.36. The molecule has 152 valence electrons. The Hall–Kier alpha value is -3.21. The standard InChI is InChI=1S/C30H27P/c1-24(26-22-21-25-13-11-12-14-27(25)23-26)31(28-15-5-2-6-16-28,29-17-7-3-8-18-29)30-19-9-4-10-20-30/h2-24,31H,1H3. The Kier molecular flexibility index (Phi) is 5.41. The van der Waals surface area contributed by atoms with E-state index in [1.807, 2.05) is 0 Å². The molecular weight excluding hydrogens is 391 g/mol. The second kappa shape index (κ2) is 8.50. The molecule has 0 radical (unpaired) electrons. The van der Waals surface area contributed by atoms with Crippen molar-refractivity contribution in [2.75, 3.05) is 0 Å². The number of fused-ring (bicyclic) bond motifs is 1. The molecule has 5 rings (SSSR count). The molecule has 1 atom stereocenters. The zero-order valence-electron chi connectivity index (χ0n) is 17.8. The molecule has 0 aliphatic carbocycles. The molecule has 0 aromatic heterocycles. The van der Waals surface area contributed by atoms with Gasteiger partial charge in [-0.3, -0.25) is 0 Å². The summed E-state index contributed by atoms with van der Waals surface area (Å²) in [5.41, 5.74) is 1.77. The average Bonchev–Trinajstić information content (AvgIpc) is 2.86. The van der Waals surface area contributed by atoms with Gasteiger partial charge in [-0.1, -0.05) is 0 Å². The fourth-order valence-corrected chi connectivity index (χ4v) is 10.4. The van der Waals surface area contributed by atoms with Crippen molar-refractivity contribution in [2.24, 2.45) is 0 Å². The normalized spacial score (nSPS) is 13.1. The molecule has 0 saturated carbocycles. The summed E-state index contributed by atoms with van der Waals surface area (Å²) in [5.74, 6) is 0. The van der Waals surface area contributed by atoms with Crippen LogP contribution in [0.2, 0.25) is 0 Å². The van der Waals surface area contributed by atoms with Gasteiger partial charge in [0.2, 0.25) is 0 Å². The molecule has 0 bridgehead atoms. The molecule has 0 amide bonds. The molecular formula is C30H27P. The first kappa shape index (κ1) is 19.7. The maximum absolute atomic E-state index is 2.43. The van der Waals surface area contributed by atoms with Gasteiger partial charge in [0.25, 0.3) is 0 Å². The van der Waals surface area contributed by atoms with Crippen LogP contribution in [0.15, 0.2) is 133 Å². The molecule has 1 unspecified atom stereocenters. The SMILES string of the molecule is CC(c1ccc2ccccc2c1)[PH](c1ccccc1)(c1ccccc1)c1ccccc1. The predicted molar refractivity (Wildman–Crippen MR) is 139 cm³/mol. The van der Waals surface area contributed by atoms with Crippen molar-refractivity contribution in [2.45, 2.75) is 12.6 Å². The van der Waals surface area contributed by atoms with Gasteiger partial charge in [0.05, 0.1) is 0 Å². The topological polar surface area (TPSA) is 0 Å². The molecule has 0 saturated heterocycles. The van der Waals surface area contributed by atoms with Crippen molar-refractivity contribution >= 4 is 33.9 Å². The van der Waals surface area contributed by atoms with Crippen molar-refractivity contribution in [3.05, 3.63) is 139 Å². The summed E-state index contributed by atoms with van der Waals surface area (Å²) in [4.78, 5) is 0. The van der Waals surface area contributed by atoms with Gasteiger partial charge in [-0.15, -0.1) is 0 Å². The summed E-state index contributed by atoms with van der Waals surface area (Å²) in [7, 11) is -2.36. The van der Waals surface area contributed by atoms with E-state index in [0.29, 0.717) is 5.66 Å². The van der Waals surface area contributed by atoms with Crippen LogP contribution in [0.1, 0.15) is 18.1 Å². The Morgan fingerprint density at radius 3 is 1.35 bits per heavy atom. The monoisotopic (exact) mass is 418 g/mol. The van der Waals surface area contributed by atoms with E-state index in [2.05, 4.69) is 140 Å². The molecule has 5 aromatic rings. The van der Waals surface area contributed by atoms with E-state index >= 15 is 0 Å². The van der Waals surface area contributed by atoms with Gasteiger partial charge >= 0.3 is 186 Å². The summed E-state index contributed by atoms with van der Waals surface area (Å²) in [5, 5.41) is 6.96. The van der Waals surface area contributed by atoms with E-state index in [0.717, 1.165) is 0 Å². The summed E-state index contributed by atoms with van der Waals surface area (Å²) < 4.78 is 0. The van der Waals surface area contributed by atoms with Crippen LogP contribution in [0, 0.1) is 0 Å². The van der Waals surface area contributed by atoms with Crippen LogP contribution in [-0.4, -0.2) is 0 Å². The molecule has 0 N–H and O–H groups in total. The minimum absolute atomic E-state index is 0.365. The Balaban J connectivity index is 1.82. The van der Waals surface area contributed by atoms with Crippen LogP contribution in [0.4, 0.5) is 0 Å². The van der Waals surface area contributed by atoms with Gasteiger partial charge in [-0.2, -0.15) is 0 Å². The van der Waals surface area contributed by atoms with Crippen LogP contribution < -0.4 is 15.9 Å². The third-order valence-electron chi connectivity index (χ3n) is 6.61. The summed E-state index contributed by atoms with van der Waals surface area (Å²) in [6.45, 7) is 2.43. The fraction of sp³-hybridized carbons (Fsp3) is 0.0667. The molecule has 1 heteroatoms. The third-order valence-corrected chi connectivity index (χ3v) is 12.0. The van der Waals surface area contributed by atoms with Crippen molar-refractivity contribution in [3.63, 3.8) is 0 Å². The Labute approximate surface area is 185 Å². The Morgan fingerprint density at radius 1 is 0.452 bits per heavy atom. The van der Waals surface area contributed by atoms with E-state index in [1.165, 1.54) is 32.2 Å². The van der Waals surface area contributed by atoms with E-state index < -0.39 is 7.26 Å². The first-order valence-electron chi connectivity index (χ1n) is 11.0. The molecule has 0 fully saturated rings. The molecule has 0 aliphatic rings. The van der Waals surface area contributed by atoms with E-state index in [-0.39, 0.29) is 0 Å². The van der Waals surface area contributed by atoms with Crippen LogP contribution in [0.5, 0.6) is 0 Å². The number of benzene rings is 5. The van der Waals surface area contributed by atoms with Gasteiger partial charge in [-0.05, 0) is 0 Å². The summed E-state index contributed by atoms with van der Waals surface area (Å²) >= 11 is 0. The van der Waals surface area contributed by atoms with Crippen LogP contribution >= 0.6 is 7.26 Å². The van der Waals surface area contributed by atoms with E-state index in [1.54, 1.807) is 0 Å². The third kappa shape index (κ3) is 3.48. The first-order valence-corrected chi connectivity index (χ1v) is 13.0. The molecule has 0 spiro atoms. The van der Waals surface area contributed by atoms with Crippen LogP contribution in [-0.2, 0) is 0 Å². The number of rotatable bonds is 5. The predicted octanol–water partition coefficient (Wildman–Crippen LogP) is 6.63. The average molecular weight is 419 g/mol. The maximum atomic E-state index is 2.43. The molecule has 31 heavy (non-hydrogen) atoms. The quantitative estimate of drug-likeness (QED) is 0.281. The number of hydrogen-bond acceptors (Lipinski definition) is 0. The van der Waals surface area contributed by atoms with E-state index in [9.17, 15) is 0 Å². The van der Waals surface area contributed by atoms with Crippen molar-refractivity contribution in [3.8, 4) is 0 Å². The summed E-state index contributed by atoms with van der Waals surface area (Å²) in [6.07, 6.45) is 0. The van der Waals surface area contributed by atoms with Crippen molar-refractivity contribution in [1.82, 2.24) is 0 Å². The van der Waals surface area contributed by atoms with Crippen molar-refractivity contribution < 1.29 is 0 Å².